The van der Waals surface area contributed by atoms with Crippen LogP contribution in [0.1, 0.15) is 0 Å². The topological polar surface area (TPSA) is 94.3 Å². The Morgan fingerprint density at radius 2 is 2.16 bits per heavy atom. The molecule has 1 amide bonds. The Balaban J connectivity index is 1.65. The Bertz CT molecular complexity index is 925. The molecule has 3 aromatic rings. The molecule has 3 rings (SSSR count). The van der Waals surface area contributed by atoms with Crippen molar-refractivity contribution in [3.05, 3.63) is 29.3 Å². The first-order valence-electron chi connectivity index (χ1n) is 7.05. The molecule has 0 spiro atoms. The van der Waals surface area contributed by atoms with Crippen molar-refractivity contribution in [2.75, 3.05) is 19.4 Å². The molecule has 0 radical (unpaired) electrons. The van der Waals surface area contributed by atoms with Gasteiger partial charge in [-0.15, -0.1) is 21.5 Å². The number of nitrogens with zero attached hydrogens (tertiary/aromatic N) is 2. The lowest BCUT2D eigenvalue weighted by Gasteiger charge is -2.01. The first-order valence-corrected chi connectivity index (χ1v) is 9.23. The highest BCUT2D eigenvalue weighted by Crippen LogP contribution is 2.41. The van der Waals surface area contributed by atoms with Crippen molar-refractivity contribution in [3.8, 4) is 10.8 Å². The summed E-state index contributed by atoms with van der Waals surface area (Å²) in [5.74, 6) is -0.504. The Kier molecular flexibility index (Phi) is 5.57. The first kappa shape index (κ1) is 17.7. The van der Waals surface area contributed by atoms with Gasteiger partial charge in [-0.05, 0) is 6.07 Å². The largest absolute Gasteiger partial charge is 0.468 e. The molecule has 2 aromatic heterocycles. The van der Waals surface area contributed by atoms with Gasteiger partial charge in [-0.2, -0.15) is 0 Å². The van der Waals surface area contributed by atoms with Gasteiger partial charge in [-0.25, -0.2) is 0 Å². The molecule has 0 aliphatic heterocycles. The van der Waals surface area contributed by atoms with Crippen molar-refractivity contribution in [2.45, 2.75) is 5.22 Å². The number of amides is 1. The molecule has 0 saturated carbocycles. The van der Waals surface area contributed by atoms with Crippen molar-refractivity contribution in [1.29, 1.82) is 0 Å². The van der Waals surface area contributed by atoms with E-state index in [1.54, 1.807) is 0 Å². The van der Waals surface area contributed by atoms with Gasteiger partial charge in [0.25, 0.3) is 11.1 Å². The zero-order valence-electron chi connectivity index (χ0n) is 12.9. The molecule has 0 aliphatic carbocycles. The van der Waals surface area contributed by atoms with Crippen molar-refractivity contribution in [2.24, 2.45) is 0 Å². The zero-order chi connectivity index (χ0) is 17.8. The normalized spacial score (nSPS) is 10.8. The van der Waals surface area contributed by atoms with Crippen LogP contribution in [-0.4, -0.2) is 41.5 Å². The summed E-state index contributed by atoms with van der Waals surface area (Å²) in [4.78, 5) is 23.3. The van der Waals surface area contributed by atoms with E-state index in [1.807, 2.05) is 24.3 Å². The van der Waals surface area contributed by atoms with Gasteiger partial charge in [0.1, 0.15) is 11.4 Å². The fraction of sp³-hybridized carbons (Fsp3) is 0.200. The van der Waals surface area contributed by atoms with Gasteiger partial charge in [-0.1, -0.05) is 41.6 Å². The minimum atomic E-state index is -0.516. The number of rotatable bonds is 6. The molecule has 1 aromatic carbocycles. The molecule has 1 N–H and O–H groups in total. The van der Waals surface area contributed by atoms with Crippen molar-refractivity contribution < 1.29 is 18.7 Å². The second-order valence-electron chi connectivity index (χ2n) is 4.76. The summed E-state index contributed by atoms with van der Waals surface area (Å²) in [6.45, 7) is -0.178. The smallest absolute Gasteiger partial charge is 0.325 e. The van der Waals surface area contributed by atoms with Crippen LogP contribution in [0.25, 0.3) is 20.9 Å². The summed E-state index contributed by atoms with van der Waals surface area (Å²) in [7, 11) is 1.25. The molecule has 7 nitrogen and oxygen atoms in total. The number of methoxy groups -OCH3 is 1. The predicted octanol–water partition coefficient (Wildman–Crippen LogP) is 2.99. The van der Waals surface area contributed by atoms with Crippen molar-refractivity contribution in [1.82, 2.24) is 15.5 Å². The number of halogens is 1. The Morgan fingerprint density at radius 3 is 2.92 bits per heavy atom. The van der Waals surface area contributed by atoms with Gasteiger partial charge >= 0.3 is 5.97 Å². The van der Waals surface area contributed by atoms with Crippen LogP contribution in [0, 0.1) is 0 Å². The van der Waals surface area contributed by atoms with Gasteiger partial charge in [-0.3, -0.25) is 9.59 Å². The molecular formula is C15H12ClN3O4S2. The number of fused-ring (bicyclic) bond motifs is 1. The number of nitrogens with one attached hydrogen (secondary N) is 1. The van der Waals surface area contributed by atoms with E-state index in [2.05, 4.69) is 20.3 Å². The van der Waals surface area contributed by atoms with E-state index >= 15 is 0 Å². The average molecular weight is 398 g/mol. The van der Waals surface area contributed by atoms with Crippen LogP contribution in [0.15, 0.2) is 33.9 Å². The molecule has 0 saturated heterocycles. The molecule has 0 fully saturated rings. The second kappa shape index (κ2) is 7.85. The summed E-state index contributed by atoms with van der Waals surface area (Å²) in [6, 6.07) is 7.73. The fourth-order valence-electron chi connectivity index (χ4n) is 1.93. The molecular weight excluding hydrogens is 386 g/mol. The molecule has 0 unspecified atom stereocenters. The van der Waals surface area contributed by atoms with E-state index in [0.29, 0.717) is 15.8 Å². The van der Waals surface area contributed by atoms with Crippen LogP contribution in [0.4, 0.5) is 0 Å². The summed E-state index contributed by atoms with van der Waals surface area (Å²) < 4.78 is 11.0. The lowest BCUT2D eigenvalue weighted by Crippen LogP contribution is -2.31. The number of esters is 1. The molecule has 0 atom stereocenters. The number of benzene rings is 1. The number of carbonyl (C=O) groups is 2. The van der Waals surface area contributed by atoms with Gasteiger partial charge in [0, 0.05) is 10.1 Å². The van der Waals surface area contributed by atoms with Gasteiger partial charge in [0.15, 0.2) is 0 Å². The monoisotopic (exact) mass is 397 g/mol. The quantitative estimate of drug-likeness (QED) is 0.504. The molecule has 0 bridgehead atoms. The van der Waals surface area contributed by atoms with E-state index in [9.17, 15) is 9.59 Å². The highest BCUT2D eigenvalue weighted by atomic mass is 35.5. The summed E-state index contributed by atoms with van der Waals surface area (Å²) in [5.41, 5.74) is 0. The van der Waals surface area contributed by atoms with Crippen LogP contribution in [0.2, 0.25) is 5.02 Å². The third-order valence-electron chi connectivity index (χ3n) is 3.12. The minimum Gasteiger partial charge on any atom is -0.468 e. The summed E-state index contributed by atoms with van der Waals surface area (Å²) in [6.07, 6.45) is 0. The lowest BCUT2D eigenvalue weighted by atomic mass is 10.2. The Labute approximate surface area is 155 Å². The number of thiophene rings is 1. The minimum absolute atomic E-state index is 0.0405. The summed E-state index contributed by atoms with van der Waals surface area (Å²) >= 11 is 8.91. The third-order valence-corrected chi connectivity index (χ3v) is 5.60. The molecule has 0 aliphatic rings. The second-order valence-corrected chi connectivity index (χ2v) is 7.11. The number of carbonyl (C=O) groups excluding carboxylic acids is 2. The number of ether oxygens (including phenoxy) is 1. The highest BCUT2D eigenvalue weighted by Gasteiger charge is 2.18. The summed E-state index contributed by atoms with van der Waals surface area (Å²) in [5, 5.41) is 12.1. The van der Waals surface area contributed by atoms with E-state index < -0.39 is 5.97 Å². The standard InChI is InChI=1S/C15H12ClN3O4S2/c1-22-11(21)6-17-10(20)7-24-15-19-18-14(23-15)13-12(16)8-4-2-3-5-9(8)25-13/h2-5H,6-7H2,1H3,(H,17,20). The maximum absolute atomic E-state index is 11.6. The predicted molar refractivity (Wildman–Crippen MR) is 95.9 cm³/mol. The Morgan fingerprint density at radius 1 is 1.36 bits per heavy atom. The van der Waals surface area contributed by atoms with E-state index in [0.717, 1.165) is 21.8 Å². The van der Waals surface area contributed by atoms with Crippen LogP contribution in [0.5, 0.6) is 0 Å². The number of thioether (sulfide) groups is 1. The number of aromatic nitrogens is 2. The lowest BCUT2D eigenvalue weighted by molar-refractivity contribution is -0.140. The molecule has 10 heteroatoms. The number of hydrogen-bond donors (Lipinski definition) is 1. The van der Waals surface area contributed by atoms with Crippen LogP contribution >= 0.6 is 34.7 Å². The SMILES string of the molecule is COC(=O)CNC(=O)CSc1nnc(-c2sc3ccccc3c2Cl)o1. The number of hydrogen-bond acceptors (Lipinski definition) is 8. The molecule has 130 valence electrons. The average Bonchev–Trinajstić information content (AvgIpc) is 3.22. The van der Waals surface area contributed by atoms with Crippen LogP contribution < -0.4 is 5.32 Å². The van der Waals surface area contributed by atoms with E-state index in [4.69, 9.17) is 16.0 Å². The van der Waals surface area contributed by atoms with E-state index in [1.165, 1.54) is 18.4 Å². The first-order chi connectivity index (χ1) is 12.1. The van der Waals surface area contributed by atoms with Gasteiger partial charge in [0.05, 0.1) is 17.9 Å². The highest BCUT2D eigenvalue weighted by molar-refractivity contribution is 7.99. The Hall–Kier alpha value is -2.10. The molecule has 25 heavy (non-hydrogen) atoms. The van der Waals surface area contributed by atoms with Crippen LogP contribution in [-0.2, 0) is 14.3 Å². The maximum atomic E-state index is 11.6. The van der Waals surface area contributed by atoms with Gasteiger partial charge < -0.3 is 14.5 Å². The van der Waals surface area contributed by atoms with Gasteiger partial charge in [0.2, 0.25) is 5.91 Å². The maximum Gasteiger partial charge on any atom is 0.325 e. The fourth-order valence-corrected chi connectivity index (χ4v) is 3.96. The van der Waals surface area contributed by atoms with E-state index in [-0.39, 0.29) is 23.4 Å². The third kappa shape index (κ3) is 4.12. The van der Waals surface area contributed by atoms with Crippen LogP contribution in [0.3, 0.4) is 0 Å². The van der Waals surface area contributed by atoms with Crippen molar-refractivity contribution in [3.63, 3.8) is 0 Å². The zero-order valence-corrected chi connectivity index (χ0v) is 15.3. The van der Waals surface area contributed by atoms with Crippen molar-refractivity contribution >= 4 is 56.7 Å². The molecule has 2 heterocycles.